The second-order valence-corrected chi connectivity index (χ2v) is 5.07. The number of nitrogens with one attached hydrogen (secondary N) is 1. The van der Waals surface area contributed by atoms with E-state index in [-0.39, 0.29) is 5.91 Å². The fourth-order valence-electron chi connectivity index (χ4n) is 1.68. The van der Waals surface area contributed by atoms with Crippen molar-refractivity contribution in [3.63, 3.8) is 0 Å². The van der Waals surface area contributed by atoms with Crippen molar-refractivity contribution >= 4 is 33.8 Å². The van der Waals surface area contributed by atoms with Crippen molar-refractivity contribution in [2.45, 2.75) is 6.92 Å². The van der Waals surface area contributed by atoms with Crippen LogP contribution in [0.4, 0.5) is 5.69 Å². The number of halogens is 1. The number of hydrogen-bond donors (Lipinski definition) is 1. The summed E-state index contributed by atoms with van der Waals surface area (Å²) in [6, 6.07) is 12.3. The molecule has 4 heteroatoms. The lowest BCUT2D eigenvalue weighted by atomic mass is 10.1. The first-order valence-corrected chi connectivity index (χ1v) is 6.52. The van der Waals surface area contributed by atoms with Gasteiger partial charge in [-0.25, -0.2) is 0 Å². The van der Waals surface area contributed by atoms with E-state index in [1.54, 1.807) is 30.3 Å². The van der Waals surface area contributed by atoms with Crippen LogP contribution in [0.25, 0.3) is 0 Å². The number of aldehydes is 1. The lowest BCUT2D eigenvalue weighted by Crippen LogP contribution is -2.13. The molecule has 0 atom stereocenters. The molecule has 0 spiro atoms. The summed E-state index contributed by atoms with van der Waals surface area (Å²) in [7, 11) is 0. The van der Waals surface area contributed by atoms with Crippen molar-refractivity contribution in [2.24, 2.45) is 0 Å². The van der Waals surface area contributed by atoms with Gasteiger partial charge in [-0.2, -0.15) is 0 Å². The highest BCUT2D eigenvalue weighted by atomic mass is 79.9. The highest BCUT2D eigenvalue weighted by Gasteiger charge is 2.09. The summed E-state index contributed by atoms with van der Waals surface area (Å²) in [6.45, 7) is 1.89. The van der Waals surface area contributed by atoms with Gasteiger partial charge in [0.25, 0.3) is 5.91 Å². The van der Waals surface area contributed by atoms with Crippen molar-refractivity contribution in [1.82, 2.24) is 0 Å². The minimum atomic E-state index is -0.169. The average molecular weight is 318 g/mol. The summed E-state index contributed by atoms with van der Waals surface area (Å²) in [5.74, 6) is -0.169. The molecule has 0 aromatic heterocycles. The van der Waals surface area contributed by atoms with E-state index >= 15 is 0 Å². The zero-order valence-electron chi connectivity index (χ0n) is 10.3. The van der Waals surface area contributed by atoms with Crippen LogP contribution in [-0.2, 0) is 0 Å². The topological polar surface area (TPSA) is 46.2 Å². The van der Waals surface area contributed by atoms with Crippen molar-refractivity contribution in [3.05, 3.63) is 63.6 Å². The lowest BCUT2D eigenvalue weighted by Gasteiger charge is -2.08. The van der Waals surface area contributed by atoms with Crippen LogP contribution >= 0.6 is 15.9 Å². The number of anilines is 1. The Morgan fingerprint density at radius 2 is 1.84 bits per heavy atom. The Hall–Kier alpha value is -1.94. The molecule has 0 bridgehead atoms. The minimum absolute atomic E-state index is 0.169. The number of carbonyl (C=O) groups excluding carboxylic acids is 2. The molecular formula is C15H12BrNO2. The number of benzene rings is 2. The molecule has 0 aliphatic heterocycles. The first-order chi connectivity index (χ1) is 9.10. The first-order valence-electron chi connectivity index (χ1n) is 5.73. The van der Waals surface area contributed by atoms with Gasteiger partial charge in [-0.15, -0.1) is 0 Å². The maximum atomic E-state index is 12.1. The van der Waals surface area contributed by atoms with E-state index in [1.165, 1.54) is 0 Å². The molecule has 0 fully saturated rings. The Labute approximate surface area is 119 Å². The molecule has 2 rings (SSSR count). The van der Waals surface area contributed by atoms with Crippen LogP contribution in [0.2, 0.25) is 0 Å². The third-order valence-electron chi connectivity index (χ3n) is 2.75. The van der Waals surface area contributed by atoms with Crippen molar-refractivity contribution < 1.29 is 9.59 Å². The third kappa shape index (κ3) is 3.29. The first kappa shape index (κ1) is 13.5. The Kier molecular flexibility index (Phi) is 4.12. The molecule has 0 unspecified atom stereocenters. The van der Waals surface area contributed by atoms with Crippen LogP contribution < -0.4 is 5.32 Å². The number of hydrogen-bond acceptors (Lipinski definition) is 2. The predicted molar refractivity (Wildman–Crippen MR) is 78.7 cm³/mol. The molecule has 0 radical (unpaired) electrons. The van der Waals surface area contributed by atoms with Crippen LogP contribution in [0.5, 0.6) is 0 Å². The quantitative estimate of drug-likeness (QED) is 0.875. The molecular weight excluding hydrogens is 306 g/mol. The summed E-state index contributed by atoms with van der Waals surface area (Å²) in [5, 5.41) is 2.80. The van der Waals surface area contributed by atoms with Crippen LogP contribution in [0.15, 0.2) is 46.9 Å². The van der Waals surface area contributed by atoms with Gasteiger partial charge in [0.1, 0.15) is 6.29 Å². The average Bonchev–Trinajstić information content (AvgIpc) is 2.42. The summed E-state index contributed by atoms with van der Waals surface area (Å²) < 4.78 is 0.861. The van der Waals surface area contributed by atoms with Gasteiger partial charge in [0, 0.05) is 21.3 Å². The Bertz CT molecular complexity index is 621. The summed E-state index contributed by atoms with van der Waals surface area (Å²) in [4.78, 5) is 22.7. The maximum Gasteiger partial charge on any atom is 0.255 e. The Balaban J connectivity index is 2.20. The second kappa shape index (κ2) is 5.80. The molecule has 1 amide bonds. The number of rotatable bonds is 3. The van der Waals surface area contributed by atoms with E-state index in [4.69, 9.17) is 0 Å². The van der Waals surface area contributed by atoms with E-state index in [9.17, 15) is 9.59 Å². The van der Waals surface area contributed by atoms with Gasteiger partial charge in [-0.1, -0.05) is 22.0 Å². The molecule has 1 N–H and O–H groups in total. The normalized spacial score (nSPS) is 10.0. The van der Waals surface area contributed by atoms with Crippen LogP contribution in [-0.4, -0.2) is 12.2 Å². The maximum absolute atomic E-state index is 12.1. The molecule has 0 aliphatic rings. The second-order valence-electron chi connectivity index (χ2n) is 4.15. The van der Waals surface area contributed by atoms with E-state index in [0.717, 1.165) is 16.3 Å². The van der Waals surface area contributed by atoms with Gasteiger partial charge in [-0.05, 0) is 48.9 Å². The van der Waals surface area contributed by atoms with Gasteiger partial charge in [0.05, 0.1) is 0 Å². The summed E-state index contributed by atoms with van der Waals surface area (Å²) >= 11 is 3.35. The summed E-state index contributed by atoms with van der Waals surface area (Å²) in [5.41, 5.74) is 2.77. The third-order valence-corrected chi connectivity index (χ3v) is 3.24. The highest BCUT2D eigenvalue weighted by Crippen LogP contribution is 2.18. The molecule has 0 saturated heterocycles. The van der Waals surface area contributed by atoms with Crippen molar-refractivity contribution in [2.75, 3.05) is 5.32 Å². The van der Waals surface area contributed by atoms with Gasteiger partial charge in [0.2, 0.25) is 0 Å². The molecule has 0 heterocycles. The zero-order valence-corrected chi connectivity index (χ0v) is 11.9. The van der Waals surface area contributed by atoms with E-state index in [1.807, 2.05) is 19.1 Å². The number of aryl methyl sites for hydroxylation is 1. The van der Waals surface area contributed by atoms with Crippen molar-refractivity contribution in [3.8, 4) is 0 Å². The minimum Gasteiger partial charge on any atom is -0.322 e. The Morgan fingerprint density at radius 3 is 2.47 bits per heavy atom. The fourth-order valence-corrected chi connectivity index (χ4v) is 2.04. The largest absolute Gasteiger partial charge is 0.322 e. The standard InChI is InChI=1S/C15H12BrNO2/c1-10-2-5-12(16)8-14(10)15(19)17-13-6-3-11(9-18)4-7-13/h2-9H,1H3,(H,17,19). The number of carbonyl (C=O) groups is 2. The van der Waals surface area contributed by atoms with Gasteiger partial charge >= 0.3 is 0 Å². The van der Waals surface area contributed by atoms with Crippen molar-refractivity contribution in [1.29, 1.82) is 0 Å². The smallest absolute Gasteiger partial charge is 0.255 e. The fraction of sp³-hybridized carbons (Fsp3) is 0.0667. The van der Waals surface area contributed by atoms with Gasteiger partial charge in [-0.3, -0.25) is 9.59 Å². The highest BCUT2D eigenvalue weighted by molar-refractivity contribution is 9.10. The molecule has 2 aromatic carbocycles. The monoisotopic (exact) mass is 317 g/mol. The Morgan fingerprint density at radius 1 is 1.16 bits per heavy atom. The van der Waals surface area contributed by atoms with E-state index in [2.05, 4.69) is 21.2 Å². The van der Waals surface area contributed by atoms with Crippen LogP contribution in [0, 0.1) is 6.92 Å². The molecule has 0 aliphatic carbocycles. The van der Waals surface area contributed by atoms with E-state index in [0.29, 0.717) is 16.8 Å². The van der Waals surface area contributed by atoms with E-state index < -0.39 is 0 Å². The van der Waals surface area contributed by atoms with Gasteiger partial charge in [0.15, 0.2) is 0 Å². The zero-order chi connectivity index (χ0) is 13.8. The number of amides is 1. The molecule has 3 nitrogen and oxygen atoms in total. The predicted octanol–water partition coefficient (Wildman–Crippen LogP) is 3.82. The summed E-state index contributed by atoms with van der Waals surface area (Å²) in [6.07, 6.45) is 0.768. The van der Waals surface area contributed by atoms with Crippen LogP contribution in [0.1, 0.15) is 26.3 Å². The molecule has 96 valence electrons. The lowest BCUT2D eigenvalue weighted by molar-refractivity contribution is 0.102. The van der Waals surface area contributed by atoms with Gasteiger partial charge < -0.3 is 5.32 Å². The molecule has 2 aromatic rings. The SMILES string of the molecule is Cc1ccc(Br)cc1C(=O)Nc1ccc(C=O)cc1. The molecule has 19 heavy (non-hydrogen) atoms. The van der Waals surface area contributed by atoms with Crippen LogP contribution in [0.3, 0.4) is 0 Å². The molecule has 0 saturated carbocycles.